The van der Waals surface area contributed by atoms with Gasteiger partial charge in [-0.2, -0.15) is 13.2 Å². The largest absolute Gasteiger partial charge is 0.418 e. The van der Waals surface area contributed by atoms with Crippen LogP contribution in [0.3, 0.4) is 0 Å². The van der Waals surface area contributed by atoms with Crippen LogP contribution in [0.4, 0.5) is 24.5 Å². The van der Waals surface area contributed by atoms with Crippen molar-refractivity contribution >= 4 is 38.9 Å². The van der Waals surface area contributed by atoms with Crippen LogP contribution in [0.25, 0.3) is 0 Å². The Kier molecular flexibility index (Phi) is 7.28. The first-order chi connectivity index (χ1) is 15.8. The Morgan fingerprint density at radius 3 is 2.18 bits per heavy atom. The Balaban J connectivity index is 2.01. The second-order valence-electron chi connectivity index (χ2n) is 7.83. The Bertz CT molecular complexity index is 1320. The number of alkyl halides is 3. The molecule has 0 aliphatic rings. The van der Waals surface area contributed by atoms with Crippen molar-refractivity contribution in [3.05, 3.63) is 87.9 Å². The van der Waals surface area contributed by atoms with Gasteiger partial charge >= 0.3 is 6.18 Å². The van der Waals surface area contributed by atoms with Crippen LogP contribution in [-0.4, -0.2) is 20.9 Å². The van der Waals surface area contributed by atoms with Crippen LogP contribution >= 0.6 is 11.6 Å². The second kappa shape index (κ2) is 9.68. The Hall–Kier alpha value is -3.04. The van der Waals surface area contributed by atoms with E-state index in [1.54, 1.807) is 44.2 Å². The maximum Gasteiger partial charge on any atom is 0.418 e. The number of aryl methyl sites for hydroxylation is 3. The van der Waals surface area contributed by atoms with Crippen LogP contribution in [0.1, 0.15) is 22.3 Å². The minimum atomic E-state index is -4.77. The summed E-state index contributed by atoms with van der Waals surface area (Å²) in [6.07, 6.45) is -4.77. The normalized spacial score (nSPS) is 11.9. The Morgan fingerprint density at radius 1 is 0.941 bits per heavy atom. The van der Waals surface area contributed by atoms with E-state index in [0.717, 1.165) is 27.1 Å². The number of amides is 1. The molecule has 0 aliphatic heterocycles. The van der Waals surface area contributed by atoms with Gasteiger partial charge in [0.25, 0.3) is 10.0 Å². The molecule has 5 nitrogen and oxygen atoms in total. The molecule has 0 spiro atoms. The predicted octanol–water partition coefficient (Wildman–Crippen LogP) is 6.12. The summed E-state index contributed by atoms with van der Waals surface area (Å²) in [5.41, 5.74) is 1.11. The van der Waals surface area contributed by atoms with E-state index in [2.05, 4.69) is 5.32 Å². The van der Waals surface area contributed by atoms with Gasteiger partial charge in [0.15, 0.2) is 0 Å². The summed E-state index contributed by atoms with van der Waals surface area (Å²) in [7, 11) is -4.20. The van der Waals surface area contributed by atoms with Crippen LogP contribution in [-0.2, 0) is 21.0 Å². The summed E-state index contributed by atoms with van der Waals surface area (Å²) in [6, 6.07) is 13.9. The molecule has 0 unspecified atom stereocenters. The number of anilines is 2. The standard InChI is InChI=1S/C24H22ClF3N2O3S/c1-15-4-9-20(10-5-15)34(32,33)30(19-8-6-16(2)17(3)12-19)14-23(31)29-22-11-7-18(25)13-21(22)24(26,27)28/h4-13H,14H2,1-3H3,(H,29,31). The van der Waals surface area contributed by atoms with E-state index in [0.29, 0.717) is 6.07 Å². The Labute approximate surface area is 201 Å². The summed E-state index contributed by atoms with van der Waals surface area (Å²) in [4.78, 5) is 12.8. The van der Waals surface area contributed by atoms with Crippen LogP contribution < -0.4 is 9.62 Å². The van der Waals surface area contributed by atoms with Gasteiger partial charge in [-0.15, -0.1) is 0 Å². The highest BCUT2D eigenvalue weighted by Gasteiger charge is 2.35. The summed E-state index contributed by atoms with van der Waals surface area (Å²) in [5, 5.41) is 2.03. The maximum absolute atomic E-state index is 13.4. The van der Waals surface area contributed by atoms with Gasteiger partial charge in [-0.1, -0.05) is 35.4 Å². The average molecular weight is 511 g/mol. The minimum absolute atomic E-state index is 0.0494. The summed E-state index contributed by atoms with van der Waals surface area (Å²) >= 11 is 5.69. The summed E-state index contributed by atoms with van der Waals surface area (Å²) in [5.74, 6) is -0.943. The maximum atomic E-state index is 13.4. The van der Waals surface area contributed by atoms with Crippen molar-refractivity contribution in [2.75, 3.05) is 16.2 Å². The molecule has 0 aromatic heterocycles. The van der Waals surface area contributed by atoms with E-state index in [4.69, 9.17) is 11.6 Å². The number of carbonyl (C=O) groups is 1. The van der Waals surface area contributed by atoms with Crippen molar-refractivity contribution in [3.63, 3.8) is 0 Å². The van der Waals surface area contributed by atoms with Gasteiger partial charge in [0.1, 0.15) is 6.54 Å². The van der Waals surface area contributed by atoms with Crippen molar-refractivity contribution in [1.29, 1.82) is 0 Å². The van der Waals surface area contributed by atoms with Crippen molar-refractivity contribution in [3.8, 4) is 0 Å². The van der Waals surface area contributed by atoms with Gasteiger partial charge in [0.05, 0.1) is 21.8 Å². The molecule has 10 heteroatoms. The number of nitrogens with zero attached hydrogens (tertiary/aromatic N) is 1. The average Bonchev–Trinajstić information content (AvgIpc) is 2.75. The first kappa shape index (κ1) is 25.6. The van der Waals surface area contributed by atoms with E-state index in [1.807, 2.05) is 6.92 Å². The first-order valence-electron chi connectivity index (χ1n) is 10.1. The zero-order chi connectivity index (χ0) is 25.3. The smallest absolute Gasteiger partial charge is 0.324 e. The number of hydrogen-bond acceptors (Lipinski definition) is 3. The van der Waals surface area contributed by atoms with Crippen molar-refractivity contribution in [2.24, 2.45) is 0 Å². The third-order valence-corrected chi connectivity index (χ3v) is 7.26. The first-order valence-corrected chi connectivity index (χ1v) is 11.9. The fourth-order valence-electron chi connectivity index (χ4n) is 3.21. The monoisotopic (exact) mass is 510 g/mol. The van der Waals surface area contributed by atoms with Crippen molar-refractivity contribution in [1.82, 2.24) is 0 Å². The molecule has 34 heavy (non-hydrogen) atoms. The molecule has 0 bridgehead atoms. The highest BCUT2D eigenvalue weighted by atomic mass is 35.5. The molecule has 3 aromatic carbocycles. The van der Waals surface area contributed by atoms with Crippen LogP contribution in [0.5, 0.6) is 0 Å². The molecule has 3 aromatic rings. The van der Waals surface area contributed by atoms with E-state index in [9.17, 15) is 26.4 Å². The molecule has 0 fully saturated rings. The van der Waals surface area contributed by atoms with Gasteiger partial charge < -0.3 is 5.32 Å². The second-order valence-corrected chi connectivity index (χ2v) is 10.1. The number of rotatable bonds is 6. The summed E-state index contributed by atoms with van der Waals surface area (Å²) < 4.78 is 68.0. The number of carbonyl (C=O) groups excluding carboxylic acids is 1. The third kappa shape index (κ3) is 5.71. The molecule has 3 rings (SSSR count). The van der Waals surface area contributed by atoms with Crippen LogP contribution in [0.15, 0.2) is 65.6 Å². The fraction of sp³-hybridized carbons (Fsp3) is 0.208. The quantitative estimate of drug-likeness (QED) is 0.434. The van der Waals surface area contributed by atoms with E-state index in [-0.39, 0.29) is 15.6 Å². The molecule has 180 valence electrons. The molecule has 0 atom stereocenters. The number of hydrogen-bond donors (Lipinski definition) is 1. The highest BCUT2D eigenvalue weighted by molar-refractivity contribution is 7.92. The van der Waals surface area contributed by atoms with Crippen LogP contribution in [0, 0.1) is 20.8 Å². The highest BCUT2D eigenvalue weighted by Crippen LogP contribution is 2.36. The number of benzene rings is 3. The lowest BCUT2D eigenvalue weighted by Gasteiger charge is -2.25. The van der Waals surface area contributed by atoms with Gasteiger partial charge in [-0.05, 0) is 74.4 Å². The van der Waals surface area contributed by atoms with Gasteiger partial charge in [0.2, 0.25) is 5.91 Å². The summed E-state index contributed by atoms with van der Waals surface area (Å²) in [6.45, 7) is 4.71. The molecule has 0 saturated heterocycles. The van der Waals surface area contributed by atoms with E-state index >= 15 is 0 Å². The van der Waals surface area contributed by atoms with Crippen molar-refractivity contribution < 1.29 is 26.4 Å². The van der Waals surface area contributed by atoms with E-state index < -0.39 is 39.9 Å². The lowest BCUT2D eigenvalue weighted by atomic mass is 10.1. The molecular formula is C24H22ClF3N2O3S. The molecule has 1 amide bonds. The fourth-order valence-corrected chi connectivity index (χ4v) is 4.80. The number of nitrogens with one attached hydrogen (secondary N) is 1. The van der Waals surface area contributed by atoms with Gasteiger partial charge in [-0.25, -0.2) is 8.42 Å². The van der Waals surface area contributed by atoms with Crippen molar-refractivity contribution in [2.45, 2.75) is 31.8 Å². The van der Waals surface area contributed by atoms with Crippen LogP contribution in [0.2, 0.25) is 5.02 Å². The molecule has 0 aliphatic carbocycles. The molecule has 0 saturated carbocycles. The number of halogens is 4. The van der Waals surface area contributed by atoms with Gasteiger partial charge in [0, 0.05) is 5.02 Å². The molecule has 0 heterocycles. The van der Waals surface area contributed by atoms with E-state index in [1.165, 1.54) is 18.2 Å². The number of sulfonamides is 1. The Morgan fingerprint density at radius 2 is 1.59 bits per heavy atom. The zero-order valence-corrected chi connectivity index (χ0v) is 20.1. The zero-order valence-electron chi connectivity index (χ0n) is 18.6. The predicted molar refractivity (Wildman–Crippen MR) is 127 cm³/mol. The molecule has 1 N–H and O–H groups in total. The topological polar surface area (TPSA) is 66.5 Å². The molecule has 0 radical (unpaired) electrons. The lowest BCUT2D eigenvalue weighted by molar-refractivity contribution is -0.137. The van der Waals surface area contributed by atoms with Gasteiger partial charge in [-0.3, -0.25) is 9.10 Å². The molecular weight excluding hydrogens is 489 g/mol. The third-order valence-electron chi connectivity index (χ3n) is 5.24. The minimum Gasteiger partial charge on any atom is -0.324 e. The SMILES string of the molecule is Cc1ccc(S(=O)(=O)N(CC(=O)Nc2ccc(Cl)cc2C(F)(F)F)c2ccc(C)c(C)c2)cc1. The lowest BCUT2D eigenvalue weighted by Crippen LogP contribution is -2.38.